The lowest BCUT2D eigenvalue weighted by atomic mass is 9.99. The molecule has 22 heteroatoms. The SMILES string of the molecule is O=S(=O)(O)OC[C@H]1O[C@@H](O)[C@H](OS(=O)(=O)O)[C@@H](OS(=O)(=O)O)[C@@H]1OS(=O)(=O)O. The fourth-order valence-electron chi connectivity index (χ4n) is 1.93. The molecule has 0 amide bonds. The monoisotopic (exact) mass is 500 g/mol. The Morgan fingerprint density at radius 3 is 1.43 bits per heavy atom. The van der Waals surface area contributed by atoms with Crippen molar-refractivity contribution in [2.24, 2.45) is 0 Å². The third kappa shape index (κ3) is 9.27. The highest BCUT2D eigenvalue weighted by Crippen LogP contribution is 2.30. The summed E-state index contributed by atoms with van der Waals surface area (Å²) in [6.07, 6.45) is -12.8. The second-order valence-corrected chi connectivity index (χ2v) is 8.98. The second kappa shape index (κ2) is 8.64. The fourth-order valence-corrected chi connectivity index (χ4v) is 3.74. The molecule has 0 unspecified atom stereocenters. The number of aliphatic hydroxyl groups is 1. The predicted molar refractivity (Wildman–Crippen MR) is 77.6 cm³/mol. The Hall–Kier alpha value is -0.600. The lowest BCUT2D eigenvalue weighted by molar-refractivity contribution is -0.270. The molecule has 0 aromatic rings. The van der Waals surface area contributed by atoms with Gasteiger partial charge in [-0.1, -0.05) is 0 Å². The molecule has 5 atom stereocenters. The molecule has 1 saturated heterocycles. The quantitative estimate of drug-likeness (QED) is 0.189. The van der Waals surface area contributed by atoms with Crippen LogP contribution in [0.3, 0.4) is 0 Å². The van der Waals surface area contributed by atoms with E-state index in [1.54, 1.807) is 0 Å². The van der Waals surface area contributed by atoms with Crippen molar-refractivity contribution in [1.29, 1.82) is 0 Å². The maximum atomic E-state index is 11.0. The molecule has 1 heterocycles. The number of hydrogen-bond donors (Lipinski definition) is 5. The maximum absolute atomic E-state index is 11.0. The molecular formula is C6H12O18S4. The summed E-state index contributed by atoms with van der Waals surface area (Å²) >= 11 is 0. The van der Waals surface area contributed by atoms with Gasteiger partial charge in [-0.15, -0.1) is 0 Å². The molecule has 28 heavy (non-hydrogen) atoms. The Labute approximate surface area is 157 Å². The third-order valence-electron chi connectivity index (χ3n) is 2.69. The molecule has 0 aromatic heterocycles. The molecule has 1 aliphatic rings. The van der Waals surface area contributed by atoms with Crippen molar-refractivity contribution in [3.63, 3.8) is 0 Å². The zero-order chi connectivity index (χ0) is 22.1. The van der Waals surface area contributed by atoms with Gasteiger partial charge in [-0.25, -0.2) is 16.7 Å². The first kappa shape index (κ1) is 25.4. The van der Waals surface area contributed by atoms with Gasteiger partial charge in [0.15, 0.2) is 12.4 Å². The molecule has 5 N–H and O–H groups in total. The van der Waals surface area contributed by atoms with Crippen LogP contribution in [0, 0.1) is 0 Å². The zero-order valence-corrected chi connectivity index (χ0v) is 16.0. The van der Waals surface area contributed by atoms with Crippen LogP contribution in [0.2, 0.25) is 0 Å². The number of ether oxygens (including phenoxy) is 1. The smallest absolute Gasteiger partial charge is 0.366 e. The van der Waals surface area contributed by atoms with E-state index in [2.05, 4.69) is 21.5 Å². The van der Waals surface area contributed by atoms with Crippen molar-refractivity contribution < 1.29 is 78.5 Å². The largest absolute Gasteiger partial charge is 0.397 e. The lowest BCUT2D eigenvalue weighted by Crippen LogP contribution is -2.62. The molecule has 1 aliphatic heterocycles. The standard InChI is InChI=1S/C6H12O18S4/c7-6-5(24-28(17,18)19)4(23-27(14,15)16)3(22-26(11,12)13)2(21-6)1-20-25(8,9)10/h2-7H,1H2,(H,8,9,10)(H,11,12,13)(H,14,15,16)(H,17,18,19)/t2-,3-,4+,5-,6-/m1/s1. The van der Waals surface area contributed by atoms with Gasteiger partial charge < -0.3 is 9.84 Å². The van der Waals surface area contributed by atoms with Crippen LogP contribution < -0.4 is 0 Å². The highest BCUT2D eigenvalue weighted by molar-refractivity contribution is 7.81. The summed E-state index contributed by atoms with van der Waals surface area (Å²) in [5.74, 6) is 0. The normalized spacial score (nSPS) is 30.2. The Bertz CT molecular complexity index is 959. The van der Waals surface area contributed by atoms with Crippen LogP contribution in [0.1, 0.15) is 0 Å². The second-order valence-electron chi connectivity index (χ2n) is 4.74. The molecule has 18 nitrogen and oxygen atoms in total. The Balaban J connectivity index is 3.42. The minimum absolute atomic E-state index is 1.42. The summed E-state index contributed by atoms with van der Waals surface area (Å²) < 4.78 is 142. The third-order valence-corrected chi connectivity index (χ3v) is 4.52. The summed E-state index contributed by atoms with van der Waals surface area (Å²) in [6, 6.07) is 0. The highest BCUT2D eigenvalue weighted by Gasteiger charge is 2.53. The average Bonchev–Trinajstić information content (AvgIpc) is 2.39. The molecule has 0 radical (unpaired) electrons. The van der Waals surface area contributed by atoms with Gasteiger partial charge in [0.05, 0.1) is 6.61 Å². The first-order valence-electron chi connectivity index (χ1n) is 6.20. The van der Waals surface area contributed by atoms with Crippen LogP contribution in [-0.2, 0) is 63.1 Å². The molecule has 0 saturated carbocycles. The van der Waals surface area contributed by atoms with Crippen LogP contribution in [0.5, 0.6) is 0 Å². The van der Waals surface area contributed by atoms with Gasteiger partial charge in [-0.2, -0.15) is 33.7 Å². The van der Waals surface area contributed by atoms with Gasteiger partial charge in [0, 0.05) is 0 Å². The van der Waals surface area contributed by atoms with E-state index in [-0.39, 0.29) is 0 Å². The van der Waals surface area contributed by atoms with E-state index in [1.807, 2.05) is 0 Å². The van der Waals surface area contributed by atoms with Gasteiger partial charge in [0.25, 0.3) is 0 Å². The summed E-state index contributed by atoms with van der Waals surface area (Å²) in [4.78, 5) is 0. The Morgan fingerprint density at radius 2 is 1.04 bits per heavy atom. The zero-order valence-electron chi connectivity index (χ0n) is 12.8. The van der Waals surface area contributed by atoms with Gasteiger partial charge in [-0.05, 0) is 0 Å². The fraction of sp³-hybridized carbons (Fsp3) is 1.00. The Kier molecular flexibility index (Phi) is 7.85. The minimum atomic E-state index is -5.58. The van der Waals surface area contributed by atoms with Crippen molar-refractivity contribution in [2.75, 3.05) is 6.61 Å². The molecule has 168 valence electrons. The predicted octanol–water partition coefficient (Wildman–Crippen LogP) is -3.91. The number of aliphatic hydroxyl groups excluding tert-OH is 1. The molecule has 1 fully saturated rings. The van der Waals surface area contributed by atoms with Gasteiger partial charge in [-0.3, -0.25) is 18.2 Å². The highest BCUT2D eigenvalue weighted by atomic mass is 32.3. The van der Waals surface area contributed by atoms with E-state index in [1.165, 1.54) is 0 Å². The van der Waals surface area contributed by atoms with Crippen molar-refractivity contribution in [1.82, 2.24) is 0 Å². The van der Waals surface area contributed by atoms with Crippen LogP contribution in [0.25, 0.3) is 0 Å². The van der Waals surface area contributed by atoms with E-state index in [9.17, 15) is 38.8 Å². The lowest BCUT2D eigenvalue weighted by Gasteiger charge is -2.41. The molecule has 0 spiro atoms. The van der Waals surface area contributed by atoms with Crippen molar-refractivity contribution in [3.05, 3.63) is 0 Å². The molecular weight excluding hydrogens is 488 g/mol. The first-order valence-corrected chi connectivity index (χ1v) is 11.7. The topological polar surface area (TPSA) is 284 Å². The maximum Gasteiger partial charge on any atom is 0.397 e. The van der Waals surface area contributed by atoms with Crippen LogP contribution >= 0.6 is 0 Å². The number of hydrogen-bond acceptors (Lipinski definition) is 14. The van der Waals surface area contributed by atoms with Gasteiger partial charge >= 0.3 is 41.6 Å². The summed E-state index contributed by atoms with van der Waals surface area (Å²) in [5.41, 5.74) is 0. The van der Waals surface area contributed by atoms with Crippen molar-refractivity contribution in [2.45, 2.75) is 30.7 Å². The molecule has 0 aliphatic carbocycles. The van der Waals surface area contributed by atoms with E-state index in [0.717, 1.165) is 0 Å². The molecule has 1 rings (SSSR count). The van der Waals surface area contributed by atoms with E-state index in [0.29, 0.717) is 0 Å². The summed E-state index contributed by atoms with van der Waals surface area (Å²) in [5, 5.41) is 9.70. The van der Waals surface area contributed by atoms with Gasteiger partial charge in [0.2, 0.25) is 0 Å². The minimum Gasteiger partial charge on any atom is -0.366 e. The van der Waals surface area contributed by atoms with Crippen LogP contribution in [0.15, 0.2) is 0 Å². The van der Waals surface area contributed by atoms with Gasteiger partial charge in [0.1, 0.15) is 18.3 Å². The van der Waals surface area contributed by atoms with E-state index < -0.39 is 78.9 Å². The van der Waals surface area contributed by atoms with E-state index in [4.69, 9.17) is 18.2 Å². The van der Waals surface area contributed by atoms with E-state index >= 15 is 0 Å². The average molecular weight is 500 g/mol. The van der Waals surface area contributed by atoms with Crippen molar-refractivity contribution in [3.8, 4) is 0 Å². The summed E-state index contributed by atoms with van der Waals surface area (Å²) in [7, 11) is -21.8. The van der Waals surface area contributed by atoms with Crippen molar-refractivity contribution >= 4 is 41.6 Å². The Morgan fingerprint density at radius 1 is 0.643 bits per heavy atom. The molecule has 0 bridgehead atoms. The first-order chi connectivity index (χ1) is 12.3. The number of rotatable bonds is 9. The molecule has 0 aromatic carbocycles. The summed E-state index contributed by atoms with van der Waals surface area (Å²) in [6.45, 7) is -1.42. The van der Waals surface area contributed by atoms with Crippen LogP contribution in [-0.4, -0.2) is 94.3 Å². The van der Waals surface area contributed by atoms with Crippen LogP contribution in [0.4, 0.5) is 0 Å².